The van der Waals surface area contributed by atoms with Gasteiger partial charge in [0.05, 0.1) is 22.9 Å². The number of imidazole rings is 1. The molecule has 0 spiro atoms. The van der Waals surface area contributed by atoms with Crippen molar-refractivity contribution in [1.82, 2.24) is 24.9 Å². The number of pyridine rings is 1. The first kappa shape index (κ1) is 17.6. The minimum atomic E-state index is -0.768. The standard InChI is InChI=1S/C18H11ClN7O2/c19-12-7-9(1-2-10(12)14(27)17-22-5-6-23-17)24-16-11-3-4-21-8-13(11)25-18(26-16)15(20)28/h1-3,5-8H,(H2,20,28)(H,22,23)(H,24,25,26). The van der Waals surface area contributed by atoms with E-state index in [1.807, 2.05) is 0 Å². The molecule has 28 heavy (non-hydrogen) atoms. The number of nitrogens with two attached hydrogens (primary N) is 1. The van der Waals surface area contributed by atoms with Gasteiger partial charge >= 0.3 is 0 Å². The topological polar surface area (TPSA) is 140 Å². The molecular weight excluding hydrogens is 382 g/mol. The fourth-order valence-electron chi connectivity index (χ4n) is 2.56. The zero-order valence-corrected chi connectivity index (χ0v) is 14.9. The van der Waals surface area contributed by atoms with E-state index in [1.165, 1.54) is 12.4 Å². The number of primary amides is 1. The molecule has 10 heteroatoms. The van der Waals surface area contributed by atoms with Crippen LogP contribution in [0.15, 0.2) is 42.9 Å². The molecule has 0 aliphatic carbocycles. The first-order valence-corrected chi connectivity index (χ1v) is 8.35. The van der Waals surface area contributed by atoms with Crippen LogP contribution in [0, 0.1) is 6.20 Å². The molecule has 3 aromatic heterocycles. The van der Waals surface area contributed by atoms with Crippen LogP contribution in [-0.2, 0) is 0 Å². The molecule has 0 bridgehead atoms. The van der Waals surface area contributed by atoms with Gasteiger partial charge in [-0.15, -0.1) is 0 Å². The van der Waals surface area contributed by atoms with Gasteiger partial charge in [-0.3, -0.25) is 14.6 Å². The van der Waals surface area contributed by atoms with Crippen LogP contribution in [0.3, 0.4) is 0 Å². The van der Waals surface area contributed by atoms with Gasteiger partial charge in [0.1, 0.15) is 5.82 Å². The van der Waals surface area contributed by atoms with Crippen LogP contribution in [0.4, 0.5) is 11.5 Å². The molecule has 0 fully saturated rings. The Hall–Kier alpha value is -3.85. The normalized spacial score (nSPS) is 10.8. The SMILES string of the molecule is NC(=O)c1nc(Nc2ccc(C(=O)c3ncc[nH]3)c(Cl)c2)c2c[c]ncc2n1. The molecule has 1 radical (unpaired) electrons. The van der Waals surface area contributed by atoms with Gasteiger partial charge in [0, 0.05) is 29.0 Å². The lowest BCUT2D eigenvalue weighted by Crippen LogP contribution is -2.16. The summed E-state index contributed by atoms with van der Waals surface area (Å²) in [4.78, 5) is 42.7. The number of ketones is 1. The molecule has 4 aromatic rings. The van der Waals surface area contributed by atoms with Gasteiger partial charge in [-0.2, -0.15) is 0 Å². The summed E-state index contributed by atoms with van der Waals surface area (Å²) in [6.45, 7) is 0. The number of amides is 1. The molecular formula is C18H11ClN7O2. The van der Waals surface area contributed by atoms with Crippen LogP contribution in [0.1, 0.15) is 26.8 Å². The maximum atomic E-state index is 12.4. The molecule has 0 aliphatic rings. The summed E-state index contributed by atoms with van der Waals surface area (Å²) in [5.74, 6) is -0.725. The molecule has 0 saturated carbocycles. The van der Waals surface area contributed by atoms with Gasteiger partial charge in [0.2, 0.25) is 11.6 Å². The van der Waals surface area contributed by atoms with E-state index in [1.54, 1.807) is 30.5 Å². The van der Waals surface area contributed by atoms with Crippen molar-refractivity contribution in [2.24, 2.45) is 5.73 Å². The summed E-state index contributed by atoms with van der Waals surface area (Å²) >= 11 is 6.28. The van der Waals surface area contributed by atoms with Crippen LogP contribution in [-0.4, -0.2) is 36.6 Å². The van der Waals surface area contributed by atoms with E-state index in [0.717, 1.165) is 0 Å². The smallest absolute Gasteiger partial charge is 0.286 e. The quantitative estimate of drug-likeness (QED) is 0.442. The Balaban J connectivity index is 1.71. The number of hydrogen-bond donors (Lipinski definition) is 3. The highest BCUT2D eigenvalue weighted by atomic mass is 35.5. The van der Waals surface area contributed by atoms with E-state index in [9.17, 15) is 9.59 Å². The second-order valence-electron chi connectivity index (χ2n) is 5.68. The average molecular weight is 393 g/mol. The molecule has 1 amide bonds. The number of halogens is 1. The van der Waals surface area contributed by atoms with Crippen molar-refractivity contribution in [3.05, 3.63) is 71.3 Å². The predicted molar refractivity (Wildman–Crippen MR) is 101 cm³/mol. The third kappa shape index (κ3) is 3.26. The Labute approximate surface area is 163 Å². The number of hydrogen-bond acceptors (Lipinski definition) is 7. The van der Waals surface area contributed by atoms with E-state index in [2.05, 4.69) is 36.4 Å². The predicted octanol–water partition coefficient (Wildman–Crippen LogP) is 2.27. The van der Waals surface area contributed by atoms with E-state index in [4.69, 9.17) is 17.3 Å². The van der Waals surface area contributed by atoms with E-state index in [0.29, 0.717) is 28.0 Å². The average Bonchev–Trinajstić information content (AvgIpc) is 3.22. The number of H-pyrrole nitrogens is 1. The van der Waals surface area contributed by atoms with Crippen LogP contribution in [0.2, 0.25) is 5.02 Å². The lowest BCUT2D eigenvalue weighted by atomic mass is 10.1. The maximum absolute atomic E-state index is 12.4. The molecule has 137 valence electrons. The zero-order valence-electron chi connectivity index (χ0n) is 14.1. The summed E-state index contributed by atoms with van der Waals surface area (Å²) in [5, 5.41) is 3.88. The number of carbonyl (C=O) groups excluding carboxylic acids is 2. The molecule has 3 heterocycles. The summed E-state index contributed by atoms with van der Waals surface area (Å²) < 4.78 is 0. The second kappa shape index (κ2) is 7.05. The third-order valence-corrected chi connectivity index (χ3v) is 4.17. The summed E-state index contributed by atoms with van der Waals surface area (Å²) in [5.41, 5.74) is 6.58. The number of aromatic amines is 1. The molecule has 0 unspecified atom stereocenters. The highest BCUT2D eigenvalue weighted by molar-refractivity contribution is 6.35. The van der Waals surface area contributed by atoms with Crippen molar-refractivity contribution in [2.75, 3.05) is 5.32 Å². The van der Waals surface area contributed by atoms with Crippen LogP contribution < -0.4 is 11.1 Å². The molecule has 0 atom stereocenters. The number of fused-ring (bicyclic) bond motifs is 1. The fourth-order valence-corrected chi connectivity index (χ4v) is 2.83. The van der Waals surface area contributed by atoms with Gasteiger partial charge in [-0.25, -0.2) is 15.0 Å². The number of anilines is 2. The first-order valence-electron chi connectivity index (χ1n) is 7.97. The fraction of sp³-hybridized carbons (Fsp3) is 0. The second-order valence-corrected chi connectivity index (χ2v) is 6.08. The van der Waals surface area contributed by atoms with Crippen molar-refractivity contribution in [3.63, 3.8) is 0 Å². The third-order valence-electron chi connectivity index (χ3n) is 3.86. The number of nitrogens with zero attached hydrogens (tertiary/aromatic N) is 4. The number of carbonyl (C=O) groups is 2. The summed E-state index contributed by atoms with van der Waals surface area (Å²) in [6, 6.07) is 6.38. The van der Waals surface area contributed by atoms with E-state index < -0.39 is 5.91 Å². The summed E-state index contributed by atoms with van der Waals surface area (Å²) in [6.07, 6.45) is 7.19. The largest absolute Gasteiger partial charge is 0.363 e. The Morgan fingerprint density at radius 1 is 1.25 bits per heavy atom. The Bertz CT molecular complexity index is 1210. The highest BCUT2D eigenvalue weighted by Gasteiger charge is 2.16. The minimum Gasteiger partial charge on any atom is -0.363 e. The van der Waals surface area contributed by atoms with Crippen LogP contribution >= 0.6 is 11.6 Å². The number of aromatic nitrogens is 5. The monoisotopic (exact) mass is 392 g/mol. The molecule has 4 N–H and O–H groups in total. The van der Waals surface area contributed by atoms with Crippen molar-refractivity contribution >= 4 is 45.7 Å². The van der Waals surface area contributed by atoms with Crippen molar-refractivity contribution in [1.29, 1.82) is 0 Å². The highest BCUT2D eigenvalue weighted by Crippen LogP contribution is 2.27. The van der Waals surface area contributed by atoms with E-state index >= 15 is 0 Å². The van der Waals surface area contributed by atoms with Crippen LogP contribution in [0.5, 0.6) is 0 Å². The van der Waals surface area contributed by atoms with Crippen molar-refractivity contribution < 1.29 is 9.59 Å². The Morgan fingerprint density at radius 3 is 2.82 bits per heavy atom. The maximum Gasteiger partial charge on any atom is 0.286 e. The van der Waals surface area contributed by atoms with Gasteiger partial charge in [-0.05, 0) is 24.3 Å². The van der Waals surface area contributed by atoms with E-state index in [-0.39, 0.29) is 22.5 Å². The van der Waals surface area contributed by atoms with Crippen molar-refractivity contribution in [3.8, 4) is 0 Å². The number of nitrogens with one attached hydrogen (secondary N) is 2. The Kier molecular flexibility index (Phi) is 4.42. The molecule has 0 aliphatic heterocycles. The van der Waals surface area contributed by atoms with Gasteiger partial charge < -0.3 is 16.0 Å². The van der Waals surface area contributed by atoms with Gasteiger partial charge in [-0.1, -0.05) is 11.6 Å². The van der Waals surface area contributed by atoms with Crippen molar-refractivity contribution in [2.45, 2.75) is 0 Å². The lowest BCUT2D eigenvalue weighted by molar-refractivity contribution is 0.0989. The zero-order chi connectivity index (χ0) is 19.7. The van der Waals surface area contributed by atoms with Gasteiger partial charge in [0.15, 0.2) is 5.82 Å². The lowest BCUT2D eigenvalue weighted by Gasteiger charge is -2.11. The molecule has 4 rings (SSSR count). The van der Waals surface area contributed by atoms with Crippen LogP contribution in [0.25, 0.3) is 10.9 Å². The minimum absolute atomic E-state index is 0.154. The Morgan fingerprint density at radius 2 is 2.11 bits per heavy atom. The molecule has 1 aromatic carbocycles. The molecule has 0 saturated heterocycles. The summed E-state index contributed by atoms with van der Waals surface area (Å²) in [7, 11) is 0. The molecule has 9 nitrogen and oxygen atoms in total. The van der Waals surface area contributed by atoms with Gasteiger partial charge in [0.25, 0.3) is 5.91 Å². The number of rotatable bonds is 5. The number of benzene rings is 1. The first-order chi connectivity index (χ1) is 13.5.